The lowest BCUT2D eigenvalue weighted by atomic mass is 10.1. The van der Waals surface area contributed by atoms with Gasteiger partial charge in [-0.05, 0) is 53.2 Å². The maximum absolute atomic E-state index is 12.4. The number of benzene rings is 3. The normalized spacial score (nSPS) is 11.0. The van der Waals surface area contributed by atoms with Crippen LogP contribution in [0.4, 0.5) is 14.5 Å². The summed E-state index contributed by atoms with van der Waals surface area (Å²) < 4.78 is 40.2. The first-order valence-electron chi connectivity index (χ1n) is 9.24. The van der Waals surface area contributed by atoms with Gasteiger partial charge < -0.3 is 19.2 Å². The molecule has 4 rings (SSSR count). The lowest BCUT2D eigenvalue weighted by Crippen LogP contribution is -2.11. The van der Waals surface area contributed by atoms with Crippen molar-refractivity contribution in [3.05, 3.63) is 89.3 Å². The molecule has 1 heterocycles. The number of amides is 1. The predicted molar refractivity (Wildman–Crippen MR) is 113 cm³/mol. The second-order valence-corrected chi connectivity index (χ2v) is 6.95. The number of ether oxygens (including phenoxy) is 2. The summed E-state index contributed by atoms with van der Waals surface area (Å²) in [5.41, 5.74) is 0.307. The highest BCUT2D eigenvalue weighted by atomic mass is 35.5. The Morgan fingerprint density at radius 3 is 2.58 bits per heavy atom. The van der Waals surface area contributed by atoms with Crippen molar-refractivity contribution in [3.63, 3.8) is 0 Å². The molecule has 1 N–H and O–H groups in total. The monoisotopic (exact) mass is 443 g/mol. The van der Waals surface area contributed by atoms with E-state index in [4.69, 9.17) is 20.8 Å². The van der Waals surface area contributed by atoms with Crippen LogP contribution in [0, 0.1) is 0 Å². The quantitative estimate of drug-likeness (QED) is 0.353. The zero-order valence-corrected chi connectivity index (χ0v) is 16.7. The van der Waals surface area contributed by atoms with Crippen LogP contribution in [-0.4, -0.2) is 12.5 Å². The lowest BCUT2D eigenvalue weighted by Gasteiger charge is -2.09. The molecule has 158 valence electrons. The molecule has 0 aliphatic rings. The zero-order chi connectivity index (χ0) is 21.8. The highest BCUT2D eigenvalue weighted by Gasteiger charge is 2.14. The summed E-state index contributed by atoms with van der Waals surface area (Å²) in [6, 6.07) is 20.8. The van der Waals surface area contributed by atoms with Crippen molar-refractivity contribution in [1.82, 2.24) is 0 Å². The van der Waals surface area contributed by atoms with E-state index in [1.807, 2.05) is 42.5 Å². The third kappa shape index (κ3) is 5.13. The number of alkyl halides is 2. The average molecular weight is 444 g/mol. The first-order chi connectivity index (χ1) is 15.0. The molecule has 0 bridgehead atoms. The minimum Gasteiger partial charge on any atom is -0.486 e. The molecule has 5 nitrogen and oxygen atoms in total. The minimum absolute atomic E-state index is 0.0537. The molecule has 3 aromatic carbocycles. The van der Waals surface area contributed by atoms with Crippen molar-refractivity contribution in [2.45, 2.75) is 13.2 Å². The number of halogens is 3. The van der Waals surface area contributed by atoms with Crippen LogP contribution in [0.5, 0.6) is 11.5 Å². The van der Waals surface area contributed by atoms with Gasteiger partial charge in [-0.3, -0.25) is 4.79 Å². The summed E-state index contributed by atoms with van der Waals surface area (Å²) in [5, 5.41) is 4.70. The summed E-state index contributed by atoms with van der Waals surface area (Å²) in [4.78, 5) is 12.4. The van der Waals surface area contributed by atoms with Gasteiger partial charge in [0.2, 0.25) is 0 Å². The Morgan fingerprint density at radius 1 is 1.00 bits per heavy atom. The number of carbonyl (C=O) groups excluding carboxylic acids is 1. The molecular formula is C23H16ClF2NO4. The molecule has 0 radical (unpaired) electrons. The van der Waals surface area contributed by atoms with Crippen LogP contribution >= 0.6 is 11.6 Å². The number of furan rings is 1. The van der Waals surface area contributed by atoms with Crippen molar-refractivity contribution in [3.8, 4) is 11.5 Å². The Kier molecular flexibility index (Phi) is 6.04. The van der Waals surface area contributed by atoms with Crippen molar-refractivity contribution < 1.29 is 27.5 Å². The van der Waals surface area contributed by atoms with Crippen LogP contribution in [0.25, 0.3) is 10.8 Å². The Labute approximate surface area is 181 Å². The van der Waals surface area contributed by atoms with E-state index < -0.39 is 12.5 Å². The van der Waals surface area contributed by atoms with Crippen molar-refractivity contribution in [2.24, 2.45) is 0 Å². The molecule has 1 aromatic heterocycles. The molecule has 8 heteroatoms. The van der Waals surface area contributed by atoms with Crippen molar-refractivity contribution >= 4 is 34.0 Å². The smallest absolute Gasteiger partial charge is 0.387 e. The molecule has 31 heavy (non-hydrogen) atoms. The van der Waals surface area contributed by atoms with Crippen LogP contribution < -0.4 is 14.8 Å². The predicted octanol–water partition coefficient (Wildman–Crippen LogP) is 6.52. The standard InChI is InChI=1S/C23H16ClF2NO4/c24-19-12-16(6-9-20(19)31-23(25)26)27-22(28)21-10-8-18(30-21)13-29-17-7-5-14-3-1-2-4-15(14)11-17/h1-12,23H,13H2,(H,27,28). The van der Waals surface area contributed by atoms with Gasteiger partial charge in [-0.15, -0.1) is 0 Å². The van der Waals surface area contributed by atoms with E-state index >= 15 is 0 Å². The Balaban J connectivity index is 1.37. The van der Waals surface area contributed by atoms with Crippen LogP contribution in [0.3, 0.4) is 0 Å². The largest absolute Gasteiger partial charge is 0.486 e. The number of nitrogens with one attached hydrogen (secondary N) is 1. The van der Waals surface area contributed by atoms with E-state index in [9.17, 15) is 13.6 Å². The molecule has 0 saturated heterocycles. The molecule has 0 spiro atoms. The van der Waals surface area contributed by atoms with Crippen LogP contribution in [0.2, 0.25) is 5.02 Å². The van der Waals surface area contributed by atoms with E-state index in [1.54, 1.807) is 6.07 Å². The lowest BCUT2D eigenvalue weighted by molar-refractivity contribution is -0.0497. The van der Waals surface area contributed by atoms with Crippen molar-refractivity contribution in [1.29, 1.82) is 0 Å². The maximum Gasteiger partial charge on any atom is 0.387 e. The van der Waals surface area contributed by atoms with Gasteiger partial charge in [0.1, 0.15) is 23.9 Å². The molecule has 0 saturated carbocycles. The topological polar surface area (TPSA) is 60.7 Å². The fourth-order valence-electron chi connectivity index (χ4n) is 2.95. The van der Waals surface area contributed by atoms with Gasteiger partial charge in [-0.25, -0.2) is 0 Å². The number of fused-ring (bicyclic) bond motifs is 1. The number of anilines is 1. The molecule has 0 unspecified atom stereocenters. The third-order valence-corrected chi connectivity index (χ3v) is 4.69. The first-order valence-corrected chi connectivity index (χ1v) is 9.62. The van der Waals surface area contributed by atoms with Crippen LogP contribution in [-0.2, 0) is 6.61 Å². The number of rotatable bonds is 7. The van der Waals surface area contributed by atoms with Crippen LogP contribution in [0.1, 0.15) is 16.3 Å². The number of hydrogen-bond acceptors (Lipinski definition) is 4. The Bertz CT molecular complexity index is 1230. The van der Waals surface area contributed by atoms with Crippen molar-refractivity contribution in [2.75, 3.05) is 5.32 Å². The molecule has 1 amide bonds. The maximum atomic E-state index is 12.4. The molecule has 0 aliphatic heterocycles. The Hall–Kier alpha value is -3.58. The van der Waals surface area contributed by atoms with Gasteiger partial charge in [0.15, 0.2) is 5.76 Å². The summed E-state index contributed by atoms with van der Waals surface area (Å²) in [7, 11) is 0. The summed E-state index contributed by atoms with van der Waals surface area (Å²) in [6.45, 7) is -2.84. The minimum atomic E-state index is -2.99. The van der Waals surface area contributed by atoms with Crippen LogP contribution in [0.15, 0.2) is 77.2 Å². The van der Waals surface area contributed by atoms with Gasteiger partial charge in [-0.1, -0.05) is 41.9 Å². The SMILES string of the molecule is O=C(Nc1ccc(OC(F)F)c(Cl)c1)c1ccc(COc2ccc3ccccc3c2)o1. The fraction of sp³-hybridized carbons (Fsp3) is 0.0870. The first kappa shape index (κ1) is 20.7. The summed E-state index contributed by atoms with van der Waals surface area (Å²) in [5.74, 6) is 0.524. The second kappa shape index (κ2) is 9.06. The van der Waals surface area contributed by atoms with E-state index in [-0.39, 0.29) is 23.1 Å². The molecule has 0 atom stereocenters. The number of hydrogen-bond donors (Lipinski definition) is 1. The highest BCUT2D eigenvalue weighted by molar-refractivity contribution is 6.32. The summed E-state index contributed by atoms with van der Waals surface area (Å²) >= 11 is 5.89. The average Bonchev–Trinajstić information content (AvgIpc) is 3.23. The summed E-state index contributed by atoms with van der Waals surface area (Å²) in [6.07, 6.45) is 0. The third-order valence-electron chi connectivity index (χ3n) is 4.39. The Morgan fingerprint density at radius 2 is 1.81 bits per heavy atom. The van der Waals surface area contributed by atoms with Gasteiger partial charge >= 0.3 is 6.61 Å². The molecule has 0 fully saturated rings. The van der Waals surface area contributed by atoms with E-state index in [1.165, 1.54) is 24.3 Å². The molecular weight excluding hydrogens is 428 g/mol. The van der Waals surface area contributed by atoms with Gasteiger partial charge in [0.05, 0.1) is 5.02 Å². The van der Waals surface area contributed by atoms with Gasteiger partial charge in [0, 0.05) is 5.69 Å². The molecule has 4 aromatic rings. The van der Waals surface area contributed by atoms with E-state index in [0.717, 1.165) is 10.8 Å². The van der Waals surface area contributed by atoms with Gasteiger partial charge in [0.25, 0.3) is 5.91 Å². The van der Waals surface area contributed by atoms with Gasteiger partial charge in [-0.2, -0.15) is 8.78 Å². The second-order valence-electron chi connectivity index (χ2n) is 6.54. The zero-order valence-electron chi connectivity index (χ0n) is 16.0. The fourth-order valence-corrected chi connectivity index (χ4v) is 3.18. The van der Waals surface area contributed by atoms with E-state index in [2.05, 4.69) is 10.1 Å². The number of carbonyl (C=O) groups is 1. The van der Waals surface area contributed by atoms with E-state index in [0.29, 0.717) is 17.2 Å². The molecule has 0 aliphatic carbocycles. The highest BCUT2D eigenvalue weighted by Crippen LogP contribution is 2.29.